The lowest BCUT2D eigenvalue weighted by Gasteiger charge is -2.23. The van der Waals surface area contributed by atoms with Crippen molar-refractivity contribution in [2.75, 3.05) is 13.7 Å². The number of aromatic nitrogens is 2. The summed E-state index contributed by atoms with van der Waals surface area (Å²) in [5, 5.41) is 8.17. The Bertz CT molecular complexity index is 1140. The Morgan fingerprint density at radius 2 is 2.12 bits per heavy atom. The first kappa shape index (κ1) is 22.9. The first-order valence-electron chi connectivity index (χ1n) is 11.2. The molecule has 3 aromatic rings. The SMILES string of the molecule is CCOc1cc(/C=C/C(=O)NC2CCCc3c2cnn3Cc2ccccc2)cc(Cl)c1OC. The lowest BCUT2D eigenvalue weighted by Crippen LogP contribution is -2.29. The van der Waals surface area contributed by atoms with Crippen LogP contribution in [-0.4, -0.2) is 29.4 Å². The van der Waals surface area contributed by atoms with Gasteiger partial charge in [-0.05, 0) is 55.5 Å². The minimum Gasteiger partial charge on any atom is -0.491 e. The van der Waals surface area contributed by atoms with E-state index in [4.69, 9.17) is 21.1 Å². The van der Waals surface area contributed by atoms with Gasteiger partial charge in [-0.25, -0.2) is 0 Å². The summed E-state index contributed by atoms with van der Waals surface area (Å²) in [7, 11) is 1.55. The number of nitrogens with zero attached hydrogens (tertiary/aromatic N) is 2. The standard InChI is InChI=1S/C26H28ClN3O3/c1-3-33-24-15-19(14-21(27)26(24)32-2)12-13-25(31)29-22-10-7-11-23-20(22)16-28-30(23)17-18-8-5-4-6-9-18/h4-6,8-9,12-16,22H,3,7,10-11,17H2,1-2H3,(H,29,31)/b13-12+. The number of hydrogen-bond donors (Lipinski definition) is 1. The molecular weight excluding hydrogens is 438 g/mol. The monoisotopic (exact) mass is 465 g/mol. The number of halogens is 1. The first-order chi connectivity index (χ1) is 16.1. The van der Waals surface area contributed by atoms with Gasteiger partial charge in [-0.1, -0.05) is 41.9 Å². The van der Waals surface area contributed by atoms with Gasteiger partial charge in [0.1, 0.15) is 0 Å². The molecule has 172 valence electrons. The van der Waals surface area contributed by atoms with Gasteiger partial charge in [0, 0.05) is 17.3 Å². The third kappa shape index (κ3) is 5.40. The molecule has 1 unspecified atom stereocenters. The number of methoxy groups -OCH3 is 1. The van der Waals surface area contributed by atoms with Crippen LogP contribution >= 0.6 is 11.6 Å². The summed E-state index contributed by atoms with van der Waals surface area (Å²) in [6, 6.07) is 13.8. The number of nitrogens with one attached hydrogen (secondary N) is 1. The number of amides is 1. The molecule has 6 nitrogen and oxygen atoms in total. The summed E-state index contributed by atoms with van der Waals surface area (Å²) in [6.07, 6.45) is 8.02. The molecule has 1 aromatic heterocycles. The van der Waals surface area contributed by atoms with Gasteiger partial charge in [0.15, 0.2) is 11.5 Å². The Hall–Kier alpha value is -3.25. The van der Waals surface area contributed by atoms with Crippen LogP contribution in [0.25, 0.3) is 6.08 Å². The van der Waals surface area contributed by atoms with Crippen LogP contribution in [0.2, 0.25) is 5.02 Å². The maximum Gasteiger partial charge on any atom is 0.244 e. The fraction of sp³-hybridized carbons (Fsp3) is 0.308. The van der Waals surface area contributed by atoms with E-state index in [0.29, 0.717) is 23.1 Å². The first-order valence-corrected chi connectivity index (χ1v) is 11.5. The van der Waals surface area contributed by atoms with Crippen molar-refractivity contribution in [2.45, 2.75) is 38.8 Å². The summed E-state index contributed by atoms with van der Waals surface area (Å²) in [4.78, 5) is 12.7. The number of benzene rings is 2. The molecule has 0 spiro atoms. The fourth-order valence-corrected chi connectivity index (χ4v) is 4.49. The van der Waals surface area contributed by atoms with Crippen LogP contribution < -0.4 is 14.8 Å². The Morgan fingerprint density at radius 1 is 1.30 bits per heavy atom. The number of hydrogen-bond acceptors (Lipinski definition) is 4. The Kier molecular flexibility index (Phi) is 7.35. The summed E-state index contributed by atoms with van der Waals surface area (Å²) in [5.74, 6) is 0.881. The van der Waals surface area contributed by atoms with E-state index >= 15 is 0 Å². The zero-order chi connectivity index (χ0) is 23.2. The molecule has 2 aromatic carbocycles. The highest BCUT2D eigenvalue weighted by atomic mass is 35.5. The van der Waals surface area contributed by atoms with Crippen molar-refractivity contribution in [3.05, 3.63) is 82.1 Å². The molecule has 33 heavy (non-hydrogen) atoms. The largest absolute Gasteiger partial charge is 0.491 e. The number of carbonyl (C=O) groups excluding carboxylic acids is 1. The normalized spacial score (nSPS) is 15.3. The summed E-state index contributed by atoms with van der Waals surface area (Å²) in [6.45, 7) is 3.11. The molecule has 1 aliphatic carbocycles. The van der Waals surface area contributed by atoms with E-state index in [1.165, 1.54) is 17.3 Å². The lowest BCUT2D eigenvalue weighted by molar-refractivity contribution is -0.117. The van der Waals surface area contributed by atoms with E-state index < -0.39 is 0 Å². The maximum absolute atomic E-state index is 12.7. The van der Waals surface area contributed by atoms with Gasteiger partial charge in [-0.15, -0.1) is 0 Å². The minimum absolute atomic E-state index is 0.0473. The molecule has 1 atom stereocenters. The molecule has 0 saturated carbocycles. The molecule has 4 rings (SSSR count). The van der Waals surface area contributed by atoms with Crippen molar-refractivity contribution < 1.29 is 14.3 Å². The fourth-order valence-electron chi connectivity index (χ4n) is 4.20. The van der Waals surface area contributed by atoms with Crippen LogP contribution in [0.4, 0.5) is 0 Å². The lowest BCUT2D eigenvalue weighted by atomic mass is 9.93. The molecular formula is C26H28ClN3O3. The zero-order valence-corrected chi connectivity index (χ0v) is 19.6. The van der Waals surface area contributed by atoms with Gasteiger partial charge in [-0.3, -0.25) is 9.48 Å². The number of fused-ring (bicyclic) bond motifs is 1. The zero-order valence-electron chi connectivity index (χ0n) is 18.9. The van der Waals surface area contributed by atoms with Crippen molar-refractivity contribution in [1.82, 2.24) is 15.1 Å². The molecule has 0 bridgehead atoms. The second kappa shape index (κ2) is 10.6. The molecule has 7 heteroatoms. The van der Waals surface area contributed by atoms with Gasteiger partial charge in [-0.2, -0.15) is 5.10 Å². The van der Waals surface area contributed by atoms with Gasteiger partial charge in [0.25, 0.3) is 0 Å². The Labute approximate surface area is 199 Å². The van der Waals surface area contributed by atoms with Crippen LogP contribution in [-0.2, 0) is 17.8 Å². The summed E-state index contributed by atoms with van der Waals surface area (Å²) >= 11 is 6.31. The van der Waals surface area contributed by atoms with Gasteiger partial charge >= 0.3 is 0 Å². The van der Waals surface area contributed by atoms with Gasteiger partial charge in [0.05, 0.1) is 37.5 Å². The molecule has 1 N–H and O–H groups in total. The van der Waals surface area contributed by atoms with Gasteiger partial charge < -0.3 is 14.8 Å². The van der Waals surface area contributed by atoms with E-state index in [0.717, 1.165) is 36.9 Å². The van der Waals surface area contributed by atoms with Crippen molar-refractivity contribution >= 4 is 23.6 Å². The van der Waals surface area contributed by atoms with Crippen molar-refractivity contribution in [3.8, 4) is 11.5 Å². The molecule has 1 aliphatic rings. The average molecular weight is 466 g/mol. The Morgan fingerprint density at radius 3 is 2.88 bits per heavy atom. The summed E-state index contributed by atoms with van der Waals surface area (Å²) < 4.78 is 13.0. The van der Waals surface area contributed by atoms with E-state index in [2.05, 4.69) is 22.5 Å². The third-order valence-electron chi connectivity index (χ3n) is 5.72. The predicted octanol–water partition coefficient (Wildman–Crippen LogP) is 5.20. The average Bonchev–Trinajstić information content (AvgIpc) is 3.22. The topological polar surface area (TPSA) is 65.4 Å². The van der Waals surface area contributed by atoms with Crippen LogP contribution in [0.15, 0.2) is 54.7 Å². The quantitative estimate of drug-likeness (QED) is 0.464. The molecule has 0 saturated heterocycles. The maximum atomic E-state index is 12.7. The number of ether oxygens (including phenoxy) is 2. The van der Waals surface area contributed by atoms with E-state index in [-0.39, 0.29) is 11.9 Å². The van der Waals surface area contributed by atoms with Crippen LogP contribution in [0.3, 0.4) is 0 Å². The summed E-state index contributed by atoms with van der Waals surface area (Å²) in [5.41, 5.74) is 4.27. The molecule has 0 aliphatic heterocycles. The number of rotatable bonds is 8. The third-order valence-corrected chi connectivity index (χ3v) is 6.00. The highest BCUT2D eigenvalue weighted by Crippen LogP contribution is 2.36. The van der Waals surface area contributed by atoms with Crippen molar-refractivity contribution in [3.63, 3.8) is 0 Å². The van der Waals surface area contributed by atoms with Crippen molar-refractivity contribution in [2.24, 2.45) is 0 Å². The smallest absolute Gasteiger partial charge is 0.244 e. The van der Waals surface area contributed by atoms with E-state index in [9.17, 15) is 4.79 Å². The highest BCUT2D eigenvalue weighted by molar-refractivity contribution is 6.32. The minimum atomic E-state index is -0.159. The van der Waals surface area contributed by atoms with Crippen LogP contribution in [0.5, 0.6) is 11.5 Å². The van der Waals surface area contributed by atoms with Crippen LogP contribution in [0.1, 0.15) is 48.2 Å². The van der Waals surface area contributed by atoms with E-state index in [1.807, 2.05) is 42.1 Å². The molecule has 0 fully saturated rings. The second-order valence-corrected chi connectivity index (χ2v) is 8.35. The highest BCUT2D eigenvalue weighted by Gasteiger charge is 2.25. The Balaban J connectivity index is 1.45. The number of carbonyl (C=O) groups is 1. The van der Waals surface area contributed by atoms with Crippen molar-refractivity contribution in [1.29, 1.82) is 0 Å². The molecule has 0 radical (unpaired) electrons. The predicted molar refractivity (Wildman–Crippen MR) is 130 cm³/mol. The molecule has 1 amide bonds. The van der Waals surface area contributed by atoms with Crippen LogP contribution in [0, 0.1) is 0 Å². The molecule has 1 heterocycles. The van der Waals surface area contributed by atoms with E-state index in [1.54, 1.807) is 19.3 Å². The second-order valence-electron chi connectivity index (χ2n) is 7.94. The van der Waals surface area contributed by atoms with Gasteiger partial charge in [0.2, 0.25) is 5.91 Å².